The van der Waals surface area contributed by atoms with E-state index in [2.05, 4.69) is 11.0 Å². The average Bonchev–Trinajstić information content (AvgIpc) is 2.63. The topological polar surface area (TPSA) is 64.4 Å². The molecule has 0 spiro atoms. The molecule has 0 N–H and O–H groups in total. The Bertz CT molecular complexity index is 883. The van der Waals surface area contributed by atoms with E-state index in [0.29, 0.717) is 43.3 Å². The first kappa shape index (κ1) is 17.9. The average molecular weight is 376 g/mol. The number of halogens is 1. The minimum absolute atomic E-state index is 0.270. The van der Waals surface area contributed by atoms with Gasteiger partial charge in [0.1, 0.15) is 0 Å². The maximum absolute atomic E-state index is 12.7. The van der Waals surface area contributed by atoms with Crippen LogP contribution >= 0.6 is 11.6 Å². The van der Waals surface area contributed by atoms with Gasteiger partial charge < -0.3 is 0 Å². The molecule has 0 saturated carbocycles. The first-order valence-corrected chi connectivity index (χ1v) is 9.78. The molecule has 1 saturated heterocycles. The van der Waals surface area contributed by atoms with Crippen molar-refractivity contribution in [3.05, 3.63) is 64.7 Å². The molecule has 1 aliphatic heterocycles. The van der Waals surface area contributed by atoms with Crippen molar-refractivity contribution in [3.8, 4) is 6.07 Å². The summed E-state index contributed by atoms with van der Waals surface area (Å²) in [6.45, 7) is 2.92. The van der Waals surface area contributed by atoms with Gasteiger partial charge in [0, 0.05) is 37.7 Å². The van der Waals surface area contributed by atoms with Crippen molar-refractivity contribution in [2.75, 3.05) is 26.2 Å². The summed E-state index contributed by atoms with van der Waals surface area (Å²) in [5, 5.41) is 9.49. The molecule has 0 unspecified atom stereocenters. The summed E-state index contributed by atoms with van der Waals surface area (Å²) < 4.78 is 26.9. The zero-order chi connectivity index (χ0) is 17.9. The molecule has 0 radical (unpaired) electrons. The van der Waals surface area contributed by atoms with Crippen molar-refractivity contribution in [1.82, 2.24) is 9.21 Å². The van der Waals surface area contributed by atoms with Crippen molar-refractivity contribution in [2.45, 2.75) is 11.4 Å². The van der Waals surface area contributed by atoms with Crippen LogP contribution in [0.3, 0.4) is 0 Å². The van der Waals surface area contributed by atoms with Crippen LogP contribution in [-0.2, 0) is 16.6 Å². The summed E-state index contributed by atoms with van der Waals surface area (Å²) in [6, 6.07) is 15.9. The minimum atomic E-state index is -3.48. The lowest BCUT2D eigenvalue weighted by Crippen LogP contribution is -2.48. The fraction of sp³-hybridized carbons (Fsp3) is 0.278. The highest BCUT2D eigenvalue weighted by atomic mass is 35.5. The minimum Gasteiger partial charge on any atom is -0.296 e. The molecule has 7 heteroatoms. The summed E-state index contributed by atoms with van der Waals surface area (Å²) >= 11 is 5.83. The quantitative estimate of drug-likeness (QED) is 0.824. The second-order valence-corrected chi connectivity index (χ2v) is 8.32. The van der Waals surface area contributed by atoms with Crippen LogP contribution in [0, 0.1) is 11.3 Å². The van der Waals surface area contributed by atoms with E-state index < -0.39 is 10.0 Å². The lowest BCUT2D eigenvalue weighted by molar-refractivity contribution is 0.181. The lowest BCUT2D eigenvalue weighted by atomic mass is 10.1. The molecule has 0 bridgehead atoms. The molecule has 1 aliphatic rings. The number of piperazine rings is 1. The van der Waals surface area contributed by atoms with E-state index in [1.807, 2.05) is 18.2 Å². The van der Waals surface area contributed by atoms with Gasteiger partial charge in [0.05, 0.1) is 16.5 Å². The van der Waals surface area contributed by atoms with Crippen molar-refractivity contribution in [2.24, 2.45) is 0 Å². The first-order valence-electron chi connectivity index (χ1n) is 7.96. The van der Waals surface area contributed by atoms with E-state index in [-0.39, 0.29) is 4.90 Å². The van der Waals surface area contributed by atoms with Gasteiger partial charge >= 0.3 is 0 Å². The Hall–Kier alpha value is -1.91. The number of hydrogen-bond donors (Lipinski definition) is 0. The number of benzene rings is 2. The summed E-state index contributed by atoms with van der Waals surface area (Å²) in [4.78, 5) is 2.47. The van der Waals surface area contributed by atoms with Crippen LogP contribution in [0.25, 0.3) is 0 Å². The maximum Gasteiger partial charge on any atom is 0.243 e. The van der Waals surface area contributed by atoms with Crippen LogP contribution in [0.15, 0.2) is 53.4 Å². The first-order chi connectivity index (χ1) is 12.0. The Balaban J connectivity index is 1.63. The van der Waals surface area contributed by atoms with Gasteiger partial charge in [-0.1, -0.05) is 23.7 Å². The van der Waals surface area contributed by atoms with Gasteiger partial charge in [-0.05, 0) is 42.0 Å². The van der Waals surface area contributed by atoms with Gasteiger partial charge in [-0.25, -0.2) is 8.42 Å². The van der Waals surface area contributed by atoms with E-state index in [4.69, 9.17) is 16.9 Å². The zero-order valence-electron chi connectivity index (χ0n) is 13.6. The zero-order valence-corrected chi connectivity index (χ0v) is 15.2. The predicted octanol–water partition coefficient (Wildman–Crippen LogP) is 2.72. The fourth-order valence-electron chi connectivity index (χ4n) is 2.88. The SMILES string of the molecule is N#Cc1cccc(CN2CCN(S(=O)(=O)c3ccc(Cl)cc3)CC2)c1. The number of nitrogens with zero attached hydrogens (tertiary/aromatic N) is 3. The van der Waals surface area contributed by atoms with Gasteiger partial charge in [0.15, 0.2) is 0 Å². The second-order valence-electron chi connectivity index (χ2n) is 5.95. The highest BCUT2D eigenvalue weighted by Gasteiger charge is 2.28. The number of rotatable bonds is 4. The van der Waals surface area contributed by atoms with E-state index >= 15 is 0 Å². The van der Waals surface area contributed by atoms with Crippen molar-refractivity contribution < 1.29 is 8.42 Å². The monoisotopic (exact) mass is 375 g/mol. The summed E-state index contributed by atoms with van der Waals surface area (Å²) in [6.07, 6.45) is 0. The van der Waals surface area contributed by atoms with E-state index in [1.165, 1.54) is 16.4 Å². The number of hydrogen-bond acceptors (Lipinski definition) is 4. The molecule has 5 nitrogen and oxygen atoms in total. The second kappa shape index (κ2) is 7.54. The third-order valence-corrected chi connectivity index (χ3v) is 6.41. The molecule has 0 atom stereocenters. The fourth-order valence-corrected chi connectivity index (χ4v) is 4.43. The Morgan fingerprint density at radius 2 is 1.72 bits per heavy atom. The normalized spacial score (nSPS) is 16.5. The van der Waals surface area contributed by atoms with Gasteiger partial charge in [-0.15, -0.1) is 0 Å². The molecule has 2 aromatic carbocycles. The van der Waals surface area contributed by atoms with Crippen LogP contribution in [0.5, 0.6) is 0 Å². The number of nitriles is 1. The molecule has 0 aliphatic carbocycles. The molecular weight excluding hydrogens is 358 g/mol. The van der Waals surface area contributed by atoms with E-state index in [1.54, 1.807) is 18.2 Å². The molecule has 0 amide bonds. The molecule has 0 aromatic heterocycles. The maximum atomic E-state index is 12.7. The van der Waals surface area contributed by atoms with Gasteiger partial charge in [0.2, 0.25) is 10.0 Å². The van der Waals surface area contributed by atoms with Crippen molar-refractivity contribution in [3.63, 3.8) is 0 Å². The van der Waals surface area contributed by atoms with Crippen LogP contribution in [0.2, 0.25) is 5.02 Å². The van der Waals surface area contributed by atoms with Crippen LogP contribution < -0.4 is 0 Å². The molecular formula is C18H18ClN3O2S. The molecule has 1 fully saturated rings. The molecule has 130 valence electrons. The summed E-state index contributed by atoms with van der Waals surface area (Å²) in [7, 11) is -3.48. The third kappa shape index (κ3) is 4.20. The largest absolute Gasteiger partial charge is 0.296 e. The molecule has 3 rings (SSSR count). The number of sulfonamides is 1. The smallest absolute Gasteiger partial charge is 0.243 e. The Morgan fingerprint density at radius 3 is 2.36 bits per heavy atom. The van der Waals surface area contributed by atoms with E-state index in [9.17, 15) is 8.42 Å². The van der Waals surface area contributed by atoms with Gasteiger partial charge in [0.25, 0.3) is 0 Å². The highest BCUT2D eigenvalue weighted by molar-refractivity contribution is 7.89. The molecule has 25 heavy (non-hydrogen) atoms. The molecule has 2 aromatic rings. The van der Waals surface area contributed by atoms with Crippen molar-refractivity contribution >= 4 is 21.6 Å². The van der Waals surface area contributed by atoms with Crippen molar-refractivity contribution in [1.29, 1.82) is 5.26 Å². The third-order valence-electron chi connectivity index (χ3n) is 4.24. The Labute approximate surface area is 153 Å². The van der Waals surface area contributed by atoms with Crippen LogP contribution in [0.4, 0.5) is 0 Å². The summed E-state index contributed by atoms with van der Waals surface area (Å²) in [5.41, 5.74) is 1.70. The predicted molar refractivity (Wildman–Crippen MR) is 96.6 cm³/mol. The standard InChI is InChI=1S/C18H18ClN3O2S/c19-17-4-6-18(7-5-17)25(23,24)22-10-8-21(9-11-22)14-16-3-1-2-15(12-16)13-20/h1-7,12H,8-11,14H2. The van der Waals surface area contributed by atoms with Gasteiger partial charge in [-0.2, -0.15) is 9.57 Å². The van der Waals surface area contributed by atoms with Crippen LogP contribution in [-0.4, -0.2) is 43.8 Å². The molecule has 1 heterocycles. The van der Waals surface area contributed by atoms with Crippen LogP contribution in [0.1, 0.15) is 11.1 Å². The van der Waals surface area contributed by atoms with Gasteiger partial charge in [-0.3, -0.25) is 4.90 Å². The Morgan fingerprint density at radius 1 is 1.04 bits per heavy atom. The van der Waals surface area contributed by atoms with E-state index in [0.717, 1.165) is 5.56 Å². The lowest BCUT2D eigenvalue weighted by Gasteiger charge is -2.34. The Kier molecular flexibility index (Phi) is 5.40. The highest BCUT2D eigenvalue weighted by Crippen LogP contribution is 2.20. The summed E-state index contributed by atoms with van der Waals surface area (Å²) in [5.74, 6) is 0.